The molecule has 0 bridgehead atoms. The summed E-state index contributed by atoms with van der Waals surface area (Å²) in [4.78, 5) is 8.79. The van der Waals surface area contributed by atoms with Crippen LogP contribution in [0.5, 0.6) is 5.75 Å². The number of rotatable bonds is 4. The Balaban J connectivity index is 1.59. The molecular formula is C20H19ClFN3OS. The molecule has 2 N–H and O–H groups in total. The number of pyridine rings is 1. The molecule has 1 aliphatic carbocycles. The molecule has 1 aliphatic heterocycles. The normalized spacial score (nSPS) is 24.7. The highest BCUT2D eigenvalue weighted by Gasteiger charge is 2.48. The van der Waals surface area contributed by atoms with E-state index in [-0.39, 0.29) is 11.7 Å². The minimum Gasteiger partial charge on any atom is -0.463 e. The summed E-state index contributed by atoms with van der Waals surface area (Å²) in [5.74, 6) is 0.922. The van der Waals surface area contributed by atoms with Gasteiger partial charge in [-0.2, -0.15) is 0 Å². The van der Waals surface area contributed by atoms with Crippen molar-refractivity contribution in [1.29, 1.82) is 0 Å². The van der Waals surface area contributed by atoms with Crippen LogP contribution in [0, 0.1) is 11.7 Å². The van der Waals surface area contributed by atoms with Crippen molar-refractivity contribution in [2.45, 2.75) is 25.0 Å². The number of fused-ring (bicyclic) bond motifs is 1. The van der Waals surface area contributed by atoms with Crippen molar-refractivity contribution in [3.63, 3.8) is 0 Å². The summed E-state index contributed by atoms with van der Waals surface area (Å²) in [6.07, 6.45) is 8.08. The van der Waals surface area contributed by atoms with E-state index in [9.17, 15) is 4.39 Å². The Bertz CT molecular complexity index is 903. The highest BCUT2D eigenvalue weighted by atomic mass is 35.5. The van der Waals surface area contributed by atoms with Crippen LogP contribution >= 0.6 is 23.4 Å². The zero-order valence-corrected chi connectivity index (χ0v) is 16.1. The van der Waals surface area contributed by atoms with Crippen molar-refractivity contribution < 1.29 is 9.13 Å². The standard InChI is InChI=1S/C20H19ClFN3OS/c21-15-5-7-16(24-11-15)6-3-13-4-8-17(22)18(10-13)26-20-9-1-2-14(20)12-27-19(23)25-20/h3-8,10-11,14H,1-2,9,12H2,(H2,23,25)/t14-,20-/m0/s1. The molecule has 27 heavy (non-hydrogen) atoms. The molecule has 1 fully saturated rings. The first-order valence-electron chi connectivity index (χ1n) is 8.80. The summed E-state index contributed by atoms with van der Waals surface area (Å²) in [7, 11) is 0. The largest absolute Gasteiger partial charge is 0.463 e. The fourth-order valence-electron chi connectivity index (χ4n) is 3.51. The van der Waals surface area contributed by atoms with Gasteiger partial charge in [-0.1, -0.05) is 35.5 Å². The number of nitrogens with zero attached hydrogens (tertiary/aromatic N) is 2. The Morgan fingerprint density at radius 2 is 2.19 bits per heavy atom. The summed E-state index contributed by atoms with van der Waals surface area (Å²) in [6, 6.07) is 8.40. The van der Waals surface area contributed by atoms with E-state index in [2.05, 4.69) is 9.98 Å². The first kappa shape index (κ1) is 18.3. The van der Waals surface area contributed by atoms with Gasteiger partial charge in [0.05, 0.1) is 10.7 Å². The van der Waals surface area contributed by atoms with Gasteiger partial charge in [-0.05, 0) is 48.7 Å². The molecule has 2 aromatic rings. The van der Waals surface area contributed by atoms with E-state index in [4.69, 9.17) is 22.1 Å². The second kappa shape index (κ2) is 7.52. The van der Waals surface area contributed by atoms with Crippen molar-refractivity contribution in [3.05, 3.63) is 58.6 Å². The van der Waals surface area contributed by atoms with Crippen molar-refractivity contribution in [2.75, 3.05) is 5.75 Å². The second-order valence-corrected chi connectivity index (χ2v) is 8.20. The predicted molar refractivity (Wildman–Crippen MR) is 109 cm³/mol. The average molecular weight is 404 g/mol. The van der Waals surface area contributed by atoms with Crippen LogP contribution in [0.4, 0.5) is 4.39 Å². The van der Waals surface area contributed by atoms with Crippen molar-refractivity contribution in [2.24, 2.45) is 16.6 Å². The van der Waals surface area contributed by atoms with Crippen molar-refractivity contribution >= 4 is 40.7 Å². The number of halogens is 2. The number of aromatic nitrogens is 1. The minimum absolute atomic E-state index is 0.205. The lowest BCUT2D eigenvalue weighted by molar-refractivity contribution is 0.0426. The molecule has 1 aromatic heterocycles. The van der Waals surface area contributed by atoms with Crippen LogP contribution in [0.15, 0.2) is 41.5 Å². The van der Waals surface area contributed by atoms with Crippen LogP contribution in [-0.2, 0) is 0 Å². The number of aliphatic imine (C=N–C) groups is 1. The van der Waals surface area contributed by atoms with Crippen LogP contribution in [0.25, 0.3) is 12.2 Å². The molecule has 0 spiro atoms. The lowest BCUT2D eigenvalue weighted by atomic mass is 10.0. The highest BCUT2D eigenvalue weighted by Crippen LogP contribution is 2.45. The van der Waals surface area contributed by atoms with Crippen molar-refractivity contribution in [1.82, 2.24) is 4.98 Å². The maximum Gasteiger partial charge on any atom is 0.206 e. The molecule has 1 saturated carbocycles. The van der Waals surface area contributed by atoms with Gasteiger partial charge in [0, 0.05) is 24.3 Å². The Kier molecular flexibility index (Phi) is 5.10. The molecule has 0 saturated heterocycles. The lowest BCUT2D eigenvalue weighted by Gasteiger charge is -2.35. The minimum atomic E-state index is -0.740. The second-order valence-electron chi connectivity index (χ2n) is 6.72. The van der Waals surface area contributed by atoms with E-state index < -0.39 is 11.5 Å². The van der Waals surface area contributed by atoms with Crippen LogP contribution < -0.4 is 10.5 Å². The fraction of sp³-hybridized carbons (Fsp3) is 0.300. The van der Waals surface area contributed by atoms with Crippen LogP contribution in [0.3, 0.4) is 0 Å². The van der Waals surface area contributed by atoms with E-state index in [1.807, 2.05) is 18.2 Å². The fourth-order valence-corrected chi connectivity index (χ4v) is 4.64. The van der Waals surface area contributed by atoms with Gasteiger partial charge in [-0.15, -0.1) is 0 Å². The van der Waals surface area contributed by atoms with E-state index in [1.54, 1.807) is 36.2 Å². The third-order valence-corrected chi connectivity index (χ3v) is 6.08. The van der Waals surface area contributed by atoms with E-state index in [0.717, 1.165) is 36.3 Å². The maximum absolute atomic E-state index is 14.4. The molecule has 0 amide bonds. The summed E-state index contributed by atoms with van der Waals surface area (Å²) in [6.45, 7) is 0. The molecule has 2 heterocycles. The Morgan fingerprint density at radius 3 is 3.00 bits per heavy atom. The van der Waals surface area contributed by atoms with Crippen LogP contribution in [-0.4, -0.2) is 21.6 Å². The Labute approximate surface area is 166 Å². The third-order valence-electron chi connectivity index (χ3n) is 4.90. The molecule has 4 rings (SSSR count). The SMILES string of the molecule is NC1=N[C@]2(Oc3cc(C=Cc4ccc(Cl)cn4)ccc3F)CCC[C@H]2CS1. The van der Waals surface area contributed by atoms with Gasteiger partial charge in [-0.3, -0.25) is 4.98 Å². The van der Waals surface area contributed by atoms with E-state index >= 15 is 0 Å². The Hall–Kier alpha value is -2.05. The molecule has 0 unspecified atom stereocenters. The molecule has 4 nitrogen and oxygen atoms in total. The number of benzene rings is 1. The molecule has 2 atom stereocenters. The van der Waals surface area contributed by atoms with Crippen LogP contribution in [0.1, 0.15) is 30.5 Å². The molecule has 0 radical (unpaired) electrons. The number of hydrogen-bond donors (Lipinski definition) is 1. The number of thioether (sulfide) groups is 1. The zero-order valence-electron chi connectivity index (χ0n) is 14.6. The predicted octanol–water partition coefficient (Wildman–Crippen LogP) is 4.98. The van der Waals surface area contributed by atoms with Crippen LogP contribution in [0.2, 0.25) is 5.02 Å². The first-order valence-corrected chi connectivity index (χ1v) is 10.2. The van der Waals surface area contributed by atoms with Gasteiger partial charge in [-0.25, -0.2) is 9.38 Å². The van der Waals surface area contributed by atoms with Gasteiger partial charge in [0.1, 0.15) is 0 Å². The van der Waals surface area contributed by atoms with Gasteiger partial charge >= 0.3 is 0 Å². The topological polar surface area (TPSA) is 60.5 Å². The van der Waals surface area contributed by atoms with Crippen molar-refractivity contribution in [3.8, 4) is 5.75 Å². The molecule has 7 heteroatoms. The lowest BCUT2D eigenvalue weighted by Crippen LogP contribution is -2.44. The van der Waals surface area contributed by atoms with Gasteiger partial charge in [0.15, 0.2) is 16.7 Å². The van der Waals surface area contributed by atoms with Gasteiger partial charge < -0.3 is 10.5 Å². The third kappa shape index (κ3) is 3.96. The zero-order chi connectivity index (χ0) is 18.9. The number of hydrogen-bond acceptors (Lipinski definition) is 5. The first-order chi connectivity index (χ1) is 13.0. The van der Waals surface area contributed by atoms with E-state index in [0.29, 0.717) is 10.2 Å². The smallest absolute Gasteiger partial charge is 0.206 e. The summed E-state index contributed by atoms with van der Waals surface area (Å²) < 4.78 is 20.6. The summed E-state index contributed by atoms with van der Waals surface area (Å²) >= 11 is 7.39. The number of ether oxygens (including phenoxy) is 1. The highest BCUT2D eigenvalue weighted by molar-refractivity contribution is 8.13. The number of amidine groups is 1. The molecule has 2 aliphatic rings. The number of nitrogens with two attached hydrogens (primary N) is 1. The average Bonchev–Trinajstić information content (AvgIpc) is 3.06. The Morgan fingerprint density at radius 1 is 1.30 bits per heavy atom. The van der Waals surface area contributed by atoms with Gasteiger partial charge in [0.25, 0.3) is 0 Å². The summed E-state index contributed by atoms with van der Waals surface area (Å²) in [5.41, 5.74) is 6.77. The molecule has 140 valence electrons. The summed E-state index contributed by atoms with van der Waals surface area (Å²) in [5, 5.41) is 1.10. The van der Waals surface area contributed by atoms with Gasteiger partial charge in [0.2, 0.25) is 5.72 Å². The molecule has 1 aromatic carbocycles. The van der Waals surface area contributed by atoms with E-state index in [1.165, 1.54) is 6.07 Å². The quantitative estimate of drug-likeness (QED) is 0.781. The molecular weight excluding hydrogens is 385 g/mol. The maximum atomic E-state index is 14.4. The monoisotopic (exact) mass is 403 g/mol.